The molecule has 2 nitrogen and oxygen atoms in total. The van der Waals surface area contributed by atoms with E-state index in [9.17, 15) is 0 Å². The molecule has 0 unspecified atom stereocenters. The standard InChI is InChI=1S/C10H15NOS/c11-8-9-4-1-2-5-10(9)13-7-3-6-12/h1-2,4-5,12H,3,6-8,11H2. The van der Waals surface area contributed by atoms with Crippen LogP contribution in [0.2, 0.25) is 0 Å². The van der Waals surface area contributed by atoms with Gasteiger partial charge in [-0.05, 0) is 18.1 Å². The first-order valence-corrected chi connectivity index (χ1v) is 5.38. The van der Waals surface area contributed by atoms with Crippen molar-refractivity contribution in [3.05, 3.63) is 29.8 Å². The zero-order valence-electron chi connectivity index (χ0n) is 7.57. The van der Waals surface area contributed by atoms with E-state index >= 15 is 0 Å². The minimum Gasteiger partial charge on any atom is -0.396 e. The first kappa shape index (κ1) is 10.6. The van der Waals surface area contributed by atoms with E-state index in [0.717, 1.165) is 12.2 Å². The molecule has 0 aliphatic heterocycles. The van der Waals surface area contributed by atoms with Crippen molar-refractivity contribution in [1.82, 2.24) is 0 Å². The fourth-order valence-corrected chi connectivity index (χ4v) is 2.06. The van der Waals surface area contributed by atoms with E-state index in [0.29, 0.717) is 6.54 Å². The van der Waals surface area contributed by atoms with Crippen LogP contribution in [0, 0.1) is 0 Å². The zero-order valence-corrected chi connectivity index (χ0v) is 8.39. The molecular weight excluding hydrogens is 182 g/mol. The molecule has 0 bridgehead atoms. The van der Waals surface area contributed by atoms with Crippen molar-refractivity contribution < 1.29 is 5.11 Å². The van der Waals surface area contributed by atoms with Crippen molar-refractivity contribution in [3.8, 4) is 0 Å². The van der Waals surface area contributed by atoms with Crippen LogP contribution in [0.3, 0.4) is 0 Å². The topological polar surface area (TPSA) is 46.2 Å². The van der Waals surface area contributed by atoms with Crippen LogP contribution in [-0.4, -0.2) is 17.5 Å². The van der Waals surface area contributed by atoms with Gasteiger partial charge in [0.1, 0.15) is 0 Å². The summed E-state index contributed by atoms with van der Waals surface area (Å²) >= 11 is 1.76. The molecule has 0 saturated carbocycles. The molecule has 0 aliphatic rings. The largest absolute Gasteiger partial charge is 0.396 e. The summed E-state index contributed by atoms with van der Waals surface area (Å²) in [5, 5.41) is 8.63. The Labute approximate surface area is 83.1 Å². The molecule has 0 radical (unpaired) electrons. The van der Waals surface area contributed by atoms with Crippen LogP contribution in [0.5, 0.6) is 0 Å². The average Bonchev–Trinajstić information content (AvgIpc) is 2.19. The SMILES string of the molecule is NCc1ccccc1SCCCO. The van der Waals surface area contributed by atoms with Gasteiger partial charge in [0.15, 0.2) is 0 Å². The summed E-state index contributed by atoms with van der Waals surface area (Å²) < 4.78 is 0. The van der Waals surface area contributed by atoms with Crippen molar-refractivity contribution in [2.75, 3.05) is 12.4 Å². The van der Waals surface area contributed by atoms with Crippen LogP contribution in [-0.2, 0) is 6.54 Å². The van der Waals surface area contributed by atoms with Gasteiger partial charge in [-0.15, -0.1) is 11.8 Å². The van der Waals surface area contributed by atoms with E-state index in [1.165, 1.54) is 10.5 Å². The maximum Gasteiger partial charge on any atom is 0.0439 e. The van der Waals surface area contributed by atoms with Crippen molar-refractivity contribution >= 4 is 11.8 Å². The second kappa shape index (κ2) is 6.02. The number of benzene rings is 1. The first-order valence-electron chi connectivity index (χ1n) is 4.40. The average molecular weight is 197 g/mol. The Bertz CT molecular complexity index is 252. The molecule has 1 aromatic rings. The molecule has 1 aromatic carbocycles. The lowest BCUT2D eigenvalue weighted by Gasteiger charge is -2.05. The molecule has 0 aliphatic carbocycles. The van der Waals surface area contributed by atoms with E-state index in [4.69, 9.17) is 10.8 Å². The highest BCUT2D eigenvalue weighted by atomic mass is 32.2. The van der Waals surface area contributed by atoms with E-state index in [-0.39, 0.29) is 6.61 Å². The van der Waals surface area contributed by atoms with Gasteiger partial charge < -0.3 is 10.8 Å². The molecule has 0 fully saturated rings. The highest BCUT2D eigenvalue weighted by Gasteiger charge is 1.99. The first-order chi connectivity index (χ1) is 6.38. The van der Waals surface area contributed by atoms with Crippen LogP contribution in [0.25, 0.3) is 0 Å². The number of thioether (sulfide) groups is 1. The normalized spacial score (nSPS) is 10.3. The second-order valence-electron chi connectivity index (χ2n) is 2.74. The zero-order chi connectivity index (χ0) is 9.52. The number of rotatable bonds is 5. The molecular formula is C10H15NOS. The molecule has 0 spiro atoms. The summed E-state index contributed by atoms with van der Waals surface area (Å²) in [6.45, 7) is 0.847. The van der Waals surface area contributed by atoms with Crippen molar-refractivity contribution in [2.45, 2.75) is 17.9 Å². The minimum atomic E-state index is 0.262. The Balaban J connectivity index is 2.54. The molecule has 1 rings (SSSR count). The molecule has 13 heavy (non-hydrogen) atoms. The summed E-state index contributed by atoms with van der Waals surface area (Å²) in [5.41, 5.74) is 6.78. The number of aliphatic hydroxyl groups excluding tert-OH is 1. The number of aliphatic hydroxyl groups is 1. The van der Waals surface area contributed by atoms with Crippen LogP contribution in [0.15, 0.2) is 29.2 Å². The van der Waals surface area contributed by atoms with Crippen molar-refractivity contribution in [3.63, 3.8) is 0 Å². The van der Waals surface area contributed by atoms with Gasteiger partial charge in [-0.25, -0.2) is 0 Å². The van der Waals surface area contributed by atoms with E-state index in [1.807, 2.05) is 18.2 Å². The fourth-order valence-electron chi connectivity index (χ4n) is 1.06. The van der Waals surface area contributed by atoms with Gasteiger partial charge in [0.05, 0.1) is 0 Å². The second-order valence-corrected chi connectivity index (χ2v) is 3.87. The van der Waals surface area contributed by atoms with Gasteiger partial charge in [-0.3, -0.25) is 0 Å². The summed E-state index contributed by atoms with van der Waals surface area (Å²) in [4.78, 5) is 1.23. The molecule has 3 heteroatoms. The summed E-state index contributed by atoms with van der Waals surface area (Å²) in [7, 11) is 0. The third-order valence-corrected chi connectivity index (χ3v) is 2.95. The predicted octanol–water partition coefficient (Wildman–Crippen LogP) is 1.62. The summed E-state index contributed by atoms with van der Waals surface area (Å²) in [6.07, 6.45) is 0.837. The Hall–Kier alpha value is -0.510. The van der Waals surface area contributed by atoms with Crippen LogP contribution in [0.4, 0.5) is 0 Å². The smallest absolute Gasteiger partial charge is 0.0439 e. The lowest BCUT2D eigenvalue weighted by atomic mass is 10.2. The molecule has 0 saturated heterocycles. The van der Waals surface area contributed by atoms with Crippen molar-refractivity contribution in [2.24, 2.45) is 5.73 Å². The lowest BCUT2D eigenvalue weighted by Crippen LogP contribution is -1.98. The third kappa shape index (κ3) is 3.38. The maximum atomic E-state index is 8.63. The van der Waals surface area contributed by atoms with Gasteiger partial charge in [-0.2, -0.15) is 0 Å². The number of nitrogens with two attached hydrogens (primary N) is 1. The monoisotopic (exact) mass is 197 g/mol. The van der Waals surface area contributed by atoms with E-state index in [2.05, 4.69) is 6.07 Å². The third-order valence-electron chi connectivity index (χ3n) is 1.75. The van der Waals surface area contributed by atoms with Gasteiger partial charge >= 0.3 is 0 Å². The van der Waals surface area contributed by atoms with E-state index < -0.39 is 0 Å². The Morgan fingerprint density at radius 2 is 2.08 bits per heavy atom. The van der Waals surface area contributed by atoms with Crippen LogP contribution >= 0.6 is 11.8 Å². The fraction of sp³-hybridized carbons (Fsp3) is 0.400. The minimum absolute atomic E-state index is 0.262. The predicted molar refractivity (Wildman–Crippen MR) is 56.8 cm³/mol. The number of hydrogen-bond donors (Lipinski definition) is 2. The highest BCUT2D eigenvalue weighted by Crippen LogP contribution is 2.22. The number of hydrogen-bond acceptors (Lipinski definition) is 3. The molecule has 72 valence electrons. The van der Waals surface area contributed by atoms with E-state index in [1.54, 1.807) is 11.8 Å². The van der Waals surface area contributed by atoms with Crippen LogP contribution in [0.1, 0.15) is 12.0 Å². The highest BCUT2D eigenvalue weighted by molar-refractivity contribution is 7.99. The molecule has 0 heterocycles. The van der Waals surface area contributed by atoms with Gasteiger partial charge in [0.2, 0.25) is 0 Å². The quantitative estimate of drug-likeness (QED) is 0.557. The molecule has 3 N–H and O–H groups in total. The Morgan fingerprint density at radius 1 is 1.31 bits per heavy atom. The van der Waals surface area contributed by atoms with Gasteiger partial charge in [-0.1, -0.05) is 18.2 Å². The summed E-state index contributed by atoms with van der Waals surface area (Å²) in [6, 6.07) is 8.13. The van der Waals surface area contributed by atoms with Gasteiger partial charge in [0.25, 0.3) is 0 Å². The van der Waals surface area contributed by atoms with Crippen molar-refractivity contribution in [1.29, 1.82) is 0 Å². The van der Waals surface area contributed by atoms with Gasteiger partial charge in [0, 0.05) is 23.8 Å². The summed E-state index contributed by atoms with van der Waals surface area (Å²) in [5.74, 6) is 0.952. The Morgan fingerprint density at radius 3 is 2.77 bits per heavy atom. The maximum absolute atomic E-state index is 8.63. The van der Waals surface area contributed by atoms with Crippen LogP contribution < -0.4 is 5.73 Å². The molecule has 0 aromatic heterocycles. The molecule has 0 amide bonds. The Kier molecular flexibility index (Phi) is 4.90. The molecule has 0 atom stereocenters. The lowest BCUT2D eigenvalue weighted by molar-refractivity contribution is 0.296.